The van der Waals surface area contributed by atoms with Crippen molar-refractivity contribution in [1.29, 1.82) is 5.26 Å². The molecule has 1 aliphatic carbocycles. The van der Waals surface area contributed by atoms with Gasteiger partial charge in [0.15, 0.2) is 0 Å². The Kier molecular flexibility index (Phi) is 6.67. The van der Waals surface area contributed by atoms with E-state index in [2.05, 4.69) is 15.8 Å². The number of aromatic nitrogens is 2. The Morgan fingerprint density at radius 2 is 2.00 bits per heavy atom. The summed E-state index contributed by atoms with van der Waals surface area (Å²) in [6, 6.07) is 11.5. The molecule has 8 nitrogen and oxygen atoms in total. The summed E-state index contributed by atoms with van der Waals surface area (Å²) in [5, 5.41) is 10.3. The summed E-state index contributed by atoms with van der Waals surface area (Å²) in [5.74, 6) is 1.00. The molecule has 0 radical (unpaired) electrons. The molecule has 1 amide bonds. The quantitative estimate of drug-likeness (QED) is 0.524. The zero-order valence-corrected chi connectivity index (χ0v) is 20.5. The number of carbonyl (C=O) groups excluding carboxylic acids is 1. The minimum atomic E-state index is -3.93. The van der Waals surface area contributed by atoms with Gasteiger partial charge in [0.05, 0.1) is 4.90 Å². The van der Waals surface area contributed by atoms with E-state index in [1.165, 1.54) is 19.3 Å². The Labute approximate surface area is 206 Å². The molecule has 1 saturated heterocycles. The highest BCUT2D eigenvalue weighted by atomic mass is 32.2. The van der Waals surface area contributed by atoms with Crippen molar-refractivity contribution < 1.29 is 13.2 Å². The van der Waals surface area contributed by atoms with Crippen LogP contribution in [0.25, 0.3) is 10.9 Å². The minimum absolute atomic E-state index is 0.120. The average molecular weight is 494 g/mol. The maximum Gasteiger partial charge on any atom is 0.241 e. The predicted molar refractivity (Wildman–Crippen MR) is 133 cm³/mol. The molecule has 3 atom stereocenters. The van der Waals surface area contributed by atoms with Crippen LogP contribution in [0.4, 0.5) is 0 Å². The fourth-order valence-electron chi connectivity index (χ4n) is 5.68. The Balaban J connectivity index is 1.37. The van der Waals surface area contributed by atoms with E-state index in [1.54, 1.807) is 47.3 Å². The van der Waals surface area contributed by atoms with Gasteiger partial charge < -0.3 is 14.5 Å². The van der Waals surface area contributed by atoms with E-state index in [-0.39, 0.29) is 17.2 Å². The van der Waals surface area contributed by atoms with Crippen molar-refractivity contribution in [2.75, 3.05) is 13.1 Å². The summed E-state index contributed by atoms with van der Waals surface area (Å²) in [6.07, 6.45) is 9.61. The molecule has 1 aliphatic heterocycles. The van der Waals surface area contributed by atoms with E-state index in [1.807, 2.05) is 11.0 Å². The van der Waals surface area contributed by atoms with E-state index in [9.17, 15) is 18.5 Å². The highest BCUT2D eigenvalue weighted by Gasteiger charge is 2.36. The summed E-state index contributed by atoms with van der Waals surface area (Å²) in [5.41, 5.74) is 1.21. The number of H-pyrrole nitrogens is 1. The lowest BCUT2D eigenvalue weighted by molar-refractivity contribution is -0.136. The van der Waals surface area contributed by atoms with Gasteiger partial charge in [-0.15, -0.1) is 0 Å². The second kappa shape index (κ2) is 9.88. The normalized spacial score (nSPS) is 21.4. The Hall–Kier alpha value is -3.09. The van der Waals surface area contributed by atoms with Crippen molar-refractivity contribution >= 4 is 26.8 Å². The van der Waals surface area contributed by atoms with Crippen LogP contribution in [0.2, 0.25) is 0 Å². The lowest BCUT2D eigenvalue weighted by Gasteiger charge is -2.42. The topological polar surface area (TPSA) is 111 Å². The van der Waals surface area contributed by atoms with Gasteiger partial charge in [0.2, 0.25) is 15.9 Å². The van der Waals surface area contributed by atoms with Crippen molar-refractivity contribution in [1.82, 2.24) is 19.2 Å². The first-order valence-corrected chi connectivity index (χ1v) is 13.9. The number of aryl methyl sites for hydroxylation is 1. The molecule has 3 aromatic rings. The third kappa shape index (κ3) is 5.00. The first-order chi connectivity index (χ1) is 16.9. The van der Waals surface area contributed by atoms with Gasteiger partial charge in [0, 0.05) is 37.5 Å². The van der Waals surface area contributed by atoms with Gasteiger partial charge in [0.1, 0.15) is 17.8 Å². The molecular weight excluding hydrogens is 462 g/mol. The van der Waals surface area contributed by atoms with Crippen molar-refractivity contribution in [3.8, 4) is 6.07 Å². The van der Waals surface area contributed by atoms with Gasteiger partial charge in [-0.2, -0.15) is 9.98 Å². The number of nitriles is 1. The molecule has 1 saturated carbocycles. The van der Waals surface area contributed by atoms with Crippen LogP contribution >= 0.6 is 0 Å². The Morgan fingerprint density at radius 3 is 2.83 bits per heavy atom. The summed E-state index contributed by atoms with van der Waals surface area (Å²) in [7, 11) is -3.93. The van der Waals surface area contributed by atoms with Crippen LogP contribution in [-0.2, 0) is 21.4 Å². The predicted octanol–water partition coefficient (Wildman–Crippen LogP) is 3.62. The number of hydrogen-bond donors (Lipinski definition) is 2. The van der Waals surface area contributed by atoms with Crippen molar-refractivity contribution in [2.24, 2.45) is 11.8 Å². The molecule has 0 bridgehead atoms. The van der Waals surface area contributed by atoms with Crippen molar-refractivity contribution in [3.63, 3.8) is 0 Å². The number of benzene rings is 1. The lowest BCUT2D eigenvalue weighted by atomic mass is 9.75. The SMILES string of the molecule is N#Cc1cccn1CCC(NS(=O)(=O)c1ccc2cc[nH]c2c1)C(=O)N1CC[C@H]2CCCC[C@@H]2C1. The average Bonchev–Trinajstić information content (AvgIpc) is 3.54. The van der Waals surface area contributed by atoms with E-state index in [0.717, 1.165) is 23.7 Å². The molecule has 2 N–H and O–H groups in total. The maximum atomic E-state index is 13.7. The van der Waals surface area contributed by atoms with Crippen molar-refractivity contribution in [2.45, 2.75) is 56.0 Å². The molecule has 184 valence electrons. The van der Waals surface area contributed by atoms with Gasteiger partial charge in [-0.25, -0.2) is 8.42 Å². The monoisotopic (exact) mass is 493 g/mol. The zero-order valence-electron chi connectivity index (χ0n) is 19.7. The van der Waals surface area contributed by atoms with Crippen LogP contribution in [0.15, 0.2) is 53.7 Å². The van der Waals surface area contributed by atoms with Crippen LogP contribution < -0.4 is 4.72 Å². The van der Waals surface area contributed by atoms with Crippen LogP contribution in [0.5, 0.6) is 0 Å². The molecule has 1 aromatic carbocycles. The number of sulfonamides is 1. The van der Waals surface area contributed by atoms with Gasteiger partial charge in [0.25, 0.3) is 0 Å². The molecule has 2 aromatic heterocycles. The largest absolute Gasteiger partial charge is 0.361 e. The molecule has 2 aliphatic rings. The molecule has 0 spiro atoms. The van der Waals surface area contributed by atoms with Gasteiger partial charge in [-0.05, 0) is 66.8 Å². The number of amides is 1. The van der Waals surface area contributed by atoms with Gasteiger partial charge >= 0.3 is 0 Å². The number of likely N-dealkylation sites (tertiary alicyclic amines) is 1. The molecule has 2 fully saturated rings. The van der Waals surface area contributed by atoms with E-state index >= 15 is 0 Å². The summed E-state index contributed by atoms with van der Waals surface area (Å²) < 4.78 is 31.2. The first-order valence-electron chi connectivity index (χ1n) is 12.4. The highest BCUT2D eigenvalue weighted by molar-refractivity contribution is 7.89. The second-order valence-corrected chi connectivity index (χ2v) is 11.5. The highest BCUT2D eigenvalue weighted by Crippen LogP contribution is 2.36. The second-order valence-electron chi connectivity index (χ2n) is 9.77. The van der Waals surface area contributed by atoms with Gasteiger partial charge in [-0.1, -0.05) is 25.3 Å². The summed E-state index contributed by atoms with van der Waals surface area (Å²) >= 11 is 0. The number of fused-ring (bicyclic) bond motifs is 2. The third-order valence-corrected chi connectivity index (χ3v) is 9.11. The maximum absolute atomic E-state index is 13.7. The number of carbonyl (C=O) groups is 1. The van der Waals surface area contributed by atoms with E-state index in [4.69, 9.17) is 0 Å². The molecular formula is C26H31N5O3S. The molecule has 3 heterocycles. The Bertz CT molecular complexity index is 1350. The number of nitrogens with one attached hydrogen (secondary N) is 2. The standard InChI is InChI=1S/C26H31N5O3S/c27-17-22-6-3-13-30(22)15-11-24(26(32)31-14-10-19-4-1-2-5-21(19)18-31)29-35(33,34)23-8-7-20-9-12-28-25(20)16-23/h3,6-9,12-13,16,19,21,24,28-29H,1-2,4-5,10-11,14-15,18H2/t19-,21-,24?/m1/s1. The number of piperidine rings is 1. The van der Waals surface area contributed by atoms with Crippen LogP contribution in [-0.4, -0.2) is 47.9 Å². The molecule has 1 unspecified atom stereocenters. The third-order valence-electron chi connectivity index (χ3n) is 7.64. The fraction of sp³-hybridized carbons (Fsp3) is 0.462. The fourth-order valence-corrected chi connectivity index (χ4v) is 6.93. The molecule has 35 heavy (non-hydrogen) atoms. The number of rotatable bonds is 7. The van der Waals surface area contributed by atoms with Crippen LogP contribution in [0, 0.1) is 23.2 Å². The Morgan fingerprint density at radius 1 is 1.17 bits per heavy atom. The van der Waals surface area contributed by atoms with Gasteiger partial charge in [-0.3, -0.25) is 4.79 Å². The van der Waals surface area contributed by atoms with E-state index < -0.39 is 16.1 Å². The lowest BCUT2D eigenvalue weighted by Crippen LogP contribution is -2.53. The summed E-state index contributed by atoms with van der Waals surface area (Å²) in [6.45, 7) is 1.73. The summed E-state index contributed by atoms with van der Waals surface area (Å²) in [4.78, 5) is 18.7. The zero-order chi connectivity index (χ0) is 24.4. The molecule has 5 rings (SSSR count). The smallest absolute Gasteiger partial charge is 0.241 e. The molecule has 9 heteroatoms. The number of hydrogen-bond acceptors (Lipinski definition) is 4. The van der Waals surface area contributed by atoms with Crippen molar-refractivity contribution in [3.05, 3.63) is 54.5 Å². The van der Waals surface area contributed by atoms with Crippen LogP contribution in [0.1, 0.15) is 44.2 Å². The van der Waals surface area contributed by atoms with Crippen LogP contribution in [0.3, 0.4) is 0 Å². The minimum Gasteiger partial charge on any atom is -0.361 e. The number of nitrogens with zero attached hydrogens (tertiary/aromatic N) is 3. The van der Waals surface area contributed by atoms with E-state index in [0.29, 0.717) is 37.2 Å². The number of aromatic amines is 1. The first kappa shape index (κ1) is 23.6.